The van der Waals surface area contributed by atoms with E-state index in [1.54, 1.807) is 13.8 Å². The molecule has 42 heavy (non-hydrogen) atoms. The SMILES string of the molecule is CCOC(=O)C(C)CC(=O)CC(C)C1CC(=O)C2(C)C3=C(C(=O)CC12C)C1(C)CCC(OC(C)=O)C(C)(C)C1CC3O. The fourth-order valence-electron chi connectivity index (χ4n) is 9.79. The van der Waals surface area contributed by atoms with Gasteiger partial charge in [-0.2, -0.15) is 0 Å². The van der Waals surface area contributed by atoms with Gasteiger partial charge in [-0.1, -0.05) is 41.5 Å². The van der Waals surface area contributed by atoms with Crippen molar-refractivity contribution >= 4 is 29.3 Å². The van der Waals surface area contributed by atoms with Gasteiger partial charge in [0.25, 0.3) is 0 Å². The van der Waals surface area contributed by atoms with Crippen molar-refractivity contribution in [2.45, 2.75) is 119 Å². The average Bonchev–Trinajstić information content (AvgIpc) is 3.08. The van der Waals surface area contributed by atoms with E-state index in [1.807, 2.05) is 20.8 Å². The molecule has 2 fully saturated rings. The largest absolute Gasteiger partial charge is 0.466 e. The van der Waals surface area contributed by atoms with E-state index in [2.05, 4.69) is 20.8 Å². The monoisotopic (exact) mass is 586 g/mol. The number of Topliss-reactive ketones (excluding diaryl/α,β-unsaturated/α-hetero) is 3. The Labute approximate surface area is 250 Å². The fraction of sp³-hybridized carbons (Fsp3) is 0.794. The molecule has 0 aromatic carbocycles. The van der Waals surface area contributed by atoms with Crippen molar-refractivity contribution in [1.82, 2.24) is 0 Å². The molecule has 1 N–H and O–H groups in total. The second-order valence-electron chi connectivity index (χ2n) is 14.9. The van der Waals surface area contributed by atoms with Gasteiger partial charge in [-0.15, -0.1) is 0 Å². The Kier molecular flexibility index (Phi) is 8.51. The van der Waals surface area contributed by atoms with Gasteiger partial charge in [-0.05, 0) is 67.3 Å². The van der Waals surface area contributed by atoms with Crippen molar-refractivity contribution < 1.29 is 38.6 Å². The quantitative estimate of drug-likeness (QED) is 0.386. The van der Waals surface area contributed by atoms with Crippen LogP contribution in [-0.2, 0) is 33.4 Å². The maximum atomic E-state index is 14.3. The summed E-state index contributed by atoms with van der Waals surface area (Å²) < 4.78 is 10.8. The summed E-state index contributed by atoms with van der Waals surface area (Å²) in [6, 6.07) is 0. The van der Waals surface area contributed by atoms with E-state index in [-0.39, 0.29) is 79.5 Å². The first-order valence-corrected chi connectivity index (χ1v) is 15.7. The number of ether oxygens (including phenoxy) is 2. The maximum Gasteiger partial charge on any atom is 0.309 e. The van der Waals surface area contributed by atoms with Gasteiger partial charge in [0.05, 0.1) is 24.0 Å². The van der Waals surface area contributed by atoms with Gasteiger partial charge in [0.15, 0.2) is 5.78 Å². The molecule has 4 aliphatic carbocycles. The lowest BCUT2D eigenvalue weighted by Gasteiger charge is -2.62. The van der Waals surface area contributed by atoms with Crippen LogP contribution in [0.1, 0.15) is 107 Å². The van der Waals surface area contributed by atoms with Gasteiger partial charge in [0.2, 0.25) is 0 Å². The van der Waals surface area contributed by atoms with Crippen molar-refractivity contribution in [3.63, 3.8) is 0 Å². The van der Waals surface area contributed by atoms with Gasteiger partial charge in [-0.25, -0.2) is 0 Å². The first-order valence-electron chi connectivity index (χ1n) is 15.7. The van der Waals surface area contributed by atoms with Crippen LogP contribution in [0.5, 0.6) is 0 Å². The van der Waals surface area contributed by atoms with Crippen LogP contribution in [0.2, 0.25) is 0 Å². The van der Waals surface area contributed by atoms with Crippen LogP contribution < -0.4 is 0 Å². The number of hydrogen-bond donors (Lipinski definition) is 1. The molecular weight excluding hydrogens is 536 g/mol. The number of rotatable bonds is 8. The summed E-state index contributed by atoms with van der Waals surface area (Å²) in [6.07, 6.45) is 1.05. The number of esters is 2. The molecule has 0 radical (unpaired) electrons. The Morgan fingerprint density at radius 2 is 1.69 bits per heavy atom. The highest BCUT2D eigenvalue weighted by Crippen LogP contribution is 2.70. The molecule has 4 rings (SSSR count). The predicted molar refractivity (Wildman–Crippen MR) is 156 cm³/mol. The van der Waals surface area contributed by atoms with Crippen LogP contribution in [0, 0.1) is 45.3 Å². The molecule has 234 valence electrons. The van der Waals surface area contributed by atoms with Crippen LogP contribution in [-0.4, -0.2) is 53.2 Å². The molecule has 0 spiro atoms. The molecule has 8 heteroatoms. The number of fused-ring (bicyclic) bond motifs is 4. The third-order valence-corrected chi connectivity index (χ3v) is 12.1. The average molecular weight is 587 g/mol. The summed E-state index contributed by atoms with van der Waals surface area (Å²) in [7, 11) is 0. The Balaban J connectivity index is 1.68. The van der Waals surface area contributed by atoms with E-state index in [0.29, 0.717) is 30.4 Å². The molecule has 0 aliphatic heterocycles. The van der Waals surface area contributed by atoms with E-state index in [0.717, 1.165) is 0 Å². The molecule has 0 amide bonds. The Morgan fingerprint density at radius 3 is 2.29 bits per heavy atom. The van der Waals surface area contributed by atoms with Crippen LogP contribution in [0.15, 0.2) is 11.1 Å². The molecule has 0 heterocycles. The lowest BCUT2D eigenvalue weighted by atomic mass is 9.42. The highest BCUT2D eigenvalue weighted by atomic mass is 16.5. The second kappa shape index (κ2) is 11.0. The molecule has 0 saturated heterocycles. The number of hydrogen-bond acceptors (Lipinski definition) is 8. The molecule has 4 aliphatic rings. The Morgan fingerprint density at radius 1 is 1.05 bits per heavy atom. The van der Waals surface area contributed by atoms with E-state index in [9.17, 15) is 29.1 Å². The third kappa shape index (κ3) is 4.80. The van der Waals surface area contributed by atoms with Crippen molar-refractivity contribution in [3.05, 3.63) is 11.1 Å². The number of allylic oxidation sites excluding steroid dienone is 1. The van der Waals surface area contributed by atoms with Gasteiger partial charge in [-0.3, -0.25) is 24.0 Å². The number of carbonyl (C=O) groups excluding carboxylic acids is 5. The Hall–Kier alpha value is -2.35. The summed E-state index contributed by atoms with van der Waals surface area (Å²) in [6.45, 7) is 17.2. The first kappa shape index (κ1) is 32.6. The zero-order valence-corrected chi connectivity index (χ0v) is 26.9. The number of carbonyl (C=O) groups is 5. The summed E-state index contributed by atoms with van der Waals surface area (Å²) in [5.41, 5.74) is -1.61. The summed E-state index contributed by atoms with van der Waals surface area (Å²) in [4.78, 5) is 65.3. The molecule has 9 unspecified atom stereocenters. The lowest BCUT2D eigenvalue weighted by molar-refractivity contribution is -0.171. The standard InChI is InChI=1S/C34H50O8/c1-10-41-30(40)19(3)14-21(36)13-18(2)22-15-26(39)34(9)29-23(37)16-25-31(5,6)27(42-20(4)35)11-12-32(25,7)28(29)24(38)17-33(22,34)8/h18-19,22-23,25,27,37H,10-17H2,1-9H3. The molecule has 0 bridgehead atoms. The number of ketones is 3. The molecule has 0 aromatic heterocycles. The highest BCUT2D eigenvalue weighted by molar-refractivity contribution is 6.05. The van der Waals surface area contributed by atoms with Gasteiger partial charge >= 0.3 is 11.9 Å². The van der Waals surface area contributed by atoms with Crippen molar-refractivity contribution in [3.8, 4) is 0 Å². The van der Waals surface area contributed by atoms with Crippen molar-refractivity contribution in [2.24, 2.45) is 45.3 Å². The molecule has 9 atom stereocenters. The van der Waals surface area contributed by atoms with Gasteiger partial charge < -0.3 is 14.6 Å². The summed E-state index contributed by atoms with van der Waals surface area (Å²) >= 11 is 0. The maximum absolute atomic E-state index is 14.3. The van der Waals surface area contributed by atoms with Crippen molar-refractivity contribution in [2.75, 3.05) is 6.61 Å². The predicted octanol–water partition coefficient (Wildman–Crippen LogP) is 5.18. The van der Waals surface area contributed by atoms with Gasteiger partial charge in [0, 0.05) is 43.6 Å². The summed E-state index contributed by atoms with van der Waals surface area (Å²) in [5.74, 6) is -1.84. The second-order valence-corrected chi connectivity index (χ2v) is 14.9. The molecular formula is C34H50O8. The smallest absolute Gasteiger partial charge is 0.309 e. The van der Waals surface area contributed by atoms with Crippen LogP contribution in [0.3, 0.4) is 0 Å². The minimum absolute atomic E-state index is 0.0168. The fourth-order valence-corrected chi connectivity index (χ4v) is 9.79. The summed E-state index contributed by atoms with van der Waals surface area (Å²) in [5, 5.41) is 11.8. The topological polar surface area (TPSA) is 124 Å². The minimum atomic E-state index is -1.03. The molecule has 0 aromatic rings. The number of aliphatic hydroxyl groups is 1. The van der Waals surface area contributed by atoms with E-state index in [1.165, 1.54) is 6.92 Å². The van der Waals surface area contributed by atoms with E-state index < -0.39 is 39.7 Å². The van der Waals surface area contributed by atoms with E-state index in [4.69, 9.17) is 9.47 Å². The molecule has 8 nitrogen and oxygen atoms in total. The minimum Gasteiger partial charge on any atom is -0.466 e. The molecule has 2 saturated carbocycles. The van der Waals surface area contributed by atoms with Crippen LogP contribution in [0.4, 0.5) is 0 Å². The zero-order chi connectivity index (χ0) is 31.6. The number of aliphatic hydroxyl groups excluding tert-OH is 1. The van der Waals surface area contributed by atoms with Gasteiger partial charge in [0.1, 0.15) is 17.7 Å². The zero-order valence-electron chi connectivity index (χ0n) is 26.9. The highest BCUT2D eigenvalue weighted by Gasteiger charge is 2.70. The first-order chi connectivity index (χ1) is 19.4. The third-order valence-electron chi connectivity index (χ3n) is 12.1. The van der Waals surface area contributed by atoms with Crippen LogP contribution >= 0.6 is 0 Å². The van der Waals surface area contributed by atoms with E-state index >= 15 is 0 Å². The van der Waals surface area contributed by atoms with Crippen molar-refractivity contribution in [1.29, 1.82) is 0 Å². The normalized spacial score (nSPS) is 38.6. The van der Waals surface area contributed by atoms with Crippen LogP contribution in [0.25, 0.3) is 0 Å². The lowest BCUT2D eigenvalue weighted by Crippen LogP contribution is -2.61. The Bertz CT molecular complexity index is 1210.